The average molecular weight is 267 g/mol. The average Bonchev–Trinajstić information content (AvgIpc) is 2.37. The minimum absolute atomic E-state index is 0.119. The fourth-order valence-electron chi connectivity index (χ4n) is 3.47. The molecule has 1 aliphatic rings. The van der Waals surface area contributed by atoms with Gasteiger partial charge in [-0.05, 0) is 37.3 Å². The smallest absolute Gasteiger partial charge is 0.163 e. The van der Waals surface area contributed by atoms with Gasteiger partial charge in [0.15, 0.2) is 11.6 Å². The van der Waals surface area contributed by atoms with Crippen LogP contribution < -0.4 is 5.32 Å². The number of hydrogen-bond acceptors (Lipinski definition) is 1. The number of nitrogens with one attached hydrogen (secondary N) is 1. The lowest BCUT2D eigenvalue weighted by Gasteiger charge is -2.43. The largest absolute Gasteiger partial charge is 0.313 e. The molecule has 19 heavy (non-hydrogen) atoms. The van der Waals surface area contributed by atoms with Crippen molar-refractivity contribution in [2.45, 2.75) is 45.6 Å². The molecule has 0 amide bonds. The highest BCUT2D eigenvalue weighted by molar-refractivity contribution is 5.24. The molecule has 1 N–H and O–H groups in total. The van der Waals surface area contributed by atoms with Crippen LogP contribution in [0.3, 0.4) is 0 Å². The lowest BCUT2D eigenvalue weighted by molar-refractivity contribution is 0.0995. The molecule has 1 aliphatic carbocycles. The Morgan fingerprint density at radius 2 is 2.00 bits per heavy atom. The quantitative estimate of drug-likeness (QED) is 0.853. The summed E-state index contributed by atoms with van der Waals surface area (Å²) in [6.45, 7) is 4.47. The fourth-order valence-corrected chi connectivity index (χ4v) is 3.47. The van der Waals surface area contributed by atoms with Gasteiger partial charge in [0.1, 0.15) is 0 Å². The zero-order chi connectivity index (χ0) is 14.0. The molecule has 1 saturated carbocycles. The van der Waals surface area contributed by atoms with E-state index in [0.717, 1.165) is 12.8 Å². The van der Waals surface area contributed by atoms with Crippen molar-refractivity contribution >= 4 is 0 Å². The Balaban J connectivity index is 2.36. The second kappa shape index (κ2) is 5.58. The highest BCUT2D eigenvalue weighted by Gasteiger charge is 2.38. The predicted octanol–water partition coefficient (Wildman–Crippen LogP) is 4.44. The summed E-state index contributed by atoms with van der Waals surface area (Å²) >= 11 is 0. The van der Waals surface area contributed by atoms with Crippen LogP contribution in [0.1, 0.15) is 51.1 Å². The minimum Gasteiger partial charge on any atom is -0.313 e. The topological polar surface area (TPSA) is 12.0 Å². The van der Waals surface area contributed by atoms with Crippen molar-refractivity contribution in [3.63, 3.8) is 0 Å². The van der Waals surface area contributed by atoms with Crippen LogP contribution in [0, 0.1) is 23.0 Å². The predicted molar refractivity (Wildman–Crippen MR) is 73.9 cm³/mol. The van der Waals surface area contributed by atoms with E-state index in [9.17, 15) is 8.78 Å². The summed E-state index contributed by atoms with van der Waals surface area (Å²) in [6, 6.07) is 4.35. The third-order valence-corrected chi connectivity index (χ3v) is 4.62. The number of rotatable bonds is 3. The molecule has 0 bridgehead atoms. The molecule has 0 aliphatic heterocycles. The molecule has 0 aromatic heterocycles. The van der Waals surface area contributed by atoms with Crippen molar-refractivity contribution in [1.82, 2.24) is 5.32 Å². The maximum atomic E-state index is 14.0. The van der Waals surface area contributed by atoms with Crippen LogP contribution in [0.5, 0.6) is 0 Å². The van der Waals surface area contributed by atoms with E-state index in [1.54, 1.807) is 12.1 Å². The van der Waals surface area contributed by atoms with Gasteiger partial charge in [0.25, 0.3) is 0 Å². The summed E-state index contributed by atoms with van der Waals surface area (Å²) in [5, 5.41) is 3.21. The molecule has 1 fully saturated rings. The van der Waals surface area contributed by atoms with E-state index in [1.807, 2.05) is 7.05 Å². The monoisotopic (exact) mass is 267 g/mol. The molecule has 2 atom stereocenters. The van der Waals surface area contributed by atoms with E-state index in [0.29, 0.717) is 11.5 Å². The van der Waals surface area contributed by atoms with Gasteiger partial charge in [0.2, 0.25) is 0 Å². The van der Waals surface area contributed by atoms with Crippen molar-refractivity contribution in [3.05, 3.63) is 35.4 Å². The Labute approximate surface area is 114 Å². The highest BCUT2D eigenvalue weighted by atomic mass is 19.2. The van der Waals surface area contributed by atoms with Crippen molar-refractivity contribution in [2.75, 3.05) is 7.05 Å². The standard InChI is InChI=1S/C16H23F2N/c1-16(2)10-5-4-8-12(16)15(19-3)11-7-6-9-13(17)14(11)18/h6-7,9,12,15,19H,4-5,8,10H2,1-3H3. The number of benzene rings is 1. The highest BCUT2D eigenvalue weighted by Crippen LogP contribution is 2.47. The summed E-state index contributed by atoms with van der Waals surface area (Å²) in [7, 11) is 1.83. The second-order valence-corrected chi connectivity index (χ2v) is 6.25. The van der Waals surface area contributed by atoms with Gasteiger partial charge in [-0.25, -0.2) is 8.78 Å². The lowest BCUT2D eigenvalue weighted by atomic mass is 9.65. The van der Waals surface area contributed by atoms with Gasteiger partial charge < -0.3 is 5.32 Å². The Bertz CT molecular complexity index is 442. The molecule has 2 unspecified atom stereocenters. The third-order valence-electron chi connectivity index (χ3n) is 4.62. The summed E-state index contributed by atoms with van der Waals surface area (Å²) in [4.78, 5) is 0. The summed E-state index contributed by atoms with van der Waals surface area (Å²) in [5.74, 6) is -1.13. The molecule has 0 spiro atoms. The van der Waals surface area contributed by atoms with E-state index < -0.39 is 11.6 Å². The van der Waals surface area contributed by atoms with E-state index in [1.165, 1.54) is 18.9 Å². The SMILES string of the molecule is CNC(c1cccc(F)c1F)C1CCCCC1(C)C. The Kier molecular flexibility index (Phi) is 4.24. The molecule has 0 heterocycles. The fraction of sp³-hybridized carbons (Fsp3) is 0.625. The first-order chi connectivity index (χ1) is 8.97. The zero-order valence-corrected chi connectivity index (χ0v) is 12.0. The van der Waals surface area contributed by atoms with Gasteiger partial charge in [-0.3, -0.25) is 0 Å². The maximum Gasteiger partial charge on any atom is 0.163 e. The van der Waals surface area contributed by atoms with Crippen molar-refractivity contribution in [3.8, 4) is 0 Å². The van der Waals surface area contributed by atoms with Crippen LogP contribution in [0.25, 0.3) is 0 Å². The van der Waals surface area contributed by atoms with Crippen LogP contribution in [-0.4, -0.2) is 7.05 Å². The molecule has 0 saturated heterocycles. The molecule has 1 aromatic rings. The maximum absolute atomic E-state index is 14.0. The Hall–Kier alpha value is -0.960. The summed E-state index contributed by atoms with van der Waals surface area (Å²) in [6.07, 6.45) is 4.61. The third kappa shape index (κ3) is 2.81. The van der Waals surface area contributed by atoms with Gasteiger partial charge in [0.05, 0.1) is 0 Å². The first-order valence-corrected chi connectivity index (χ1v) is 7.08. The molecule has 3 heteroatoms. The molecule has 1 nitrogen and oxygen atoms in total. The minimum atomic E-state index is -0.758. The Morgan fingerprint density at radius 3 is 2.63 bits per heavy atom. The van der Waals surface area contributed by atoms with E-state index >= 15 is 0 Å². The summed E-state index contributed by atoms with van der Waals surface area (Å²) < 4.78 is 27.5. The van der Waals surface area contributed by atoms with E-state index in [-0.39, 0.29) is 11.5 Å². The van der Waals surface area contributed by atoms with E-state index in [4.69, 9.17) is 0 Å². The Morgan fingerprint density at radius 1 is 1.26 bits per heavy atom. The van der Waals surface area contributed by atoms with Crippen LogP contribution in [0.2, 0.25) is 0 Å². The van der Waals surface area contributed by atoms with Gasteiger partial charge in [0, 0.05) is 11.6 Å². The molecule has 0 radical (unpaired) electrons. The van der Waals surface area contributed by atoms with Gasteiger partial charge in [-0.15, -0.1) is 0 Å². The normalized spacial score (nSPS) is 24.2. The van der Waals surface area contributed by atoms with Crippen LogP contribution in [0.15, 0.2) is 18.2 Å². The number of halogens is 2. The van der Waals surface area contributed by atoms with Crippen molar-refractivity contribution < 1.29 is 8.78 Å². The first kappa shape index (κ1) is 14.4. The molecule has 1 aromatic carbocycles. The zero-order valence-electron chi connectivity index (χ0n) is 12.0. The van der Waals surface area contributed by atoms with Crippen LogP contribution >= 0.6 is 0 Å². The van der Waals surface area contributed by atoms with Crippen LogP contribution in [-0.2, 0) is 0 Å². The van der Waals surface area contributed by atoms with Gasteiger partial charge in [-0.2, -0.15) is 0 Å². The van der Waals surface area contributed by atoms with Gasteiger partial charge >= 0.3 is 0 Å². The molecule has 106 valence electrons. The lowest BCUT2D eigenvalue weighted by Crippen LogP contribution is -2.38. The van der Waals surface area contributed by atoms with Crippen molar-refractivity contribution in [1.29, 1.82) is 0 Å². The first-order valence-electron chi connectivity index (χ1n) is 7.08. The number of hydrogen-bond donors (Lipinski definition) is 1. The second-order valence-electron chi connectivity index (χ2n) is 6.25. The van der Waals surface area contributed by atoms with Gasteiger partial charge in [-0.1, -0.05) is 38.8 Å². The molecular formula is C16H23F2N. The van der Waals surface area contributed by atoms with Crippen LogP contribution in [0.4, 0.5) is 8.78 Å². The van der Waals surface area contributed by atoms with Crippen molar-refractivity contribution in [2.24, 2.45) is 11.3 Å². The van der Waals surface area contributed by atoms with E-state index in [2.05, 4.69) is 19.2 Å². The summed E-state index contributed by atoms with van der Waals surface area (Å²) in [5.41, 5.74) is 0.618. The molecule has 2 rings (SSSR count). The molecular weight excluding hydrogens is 244 g/mol.